The van der Waals surface area contributed by atoms with Gasteiger partial charge in [-0.3, -0.25) is 0 Å². The zero-order chi connectivity index (χ0) is 23.9. The Kier molecular flexibility index (Phi) is 7.88. The molecular weight excluding hydrogens is 457 g/mol. The van der Waals surface area contributed by atoms with Gasteiger partial charge in [-0.2, -0.15) is 21.6 Å². The lowest BCUT2D eigenvalue weighted by atomic mass is 10.0. The van der Waals surface area contributed by atoms with E-state index in [0.29, 0.717) is 16.7 Å². The Morgan fingerprint density at radius 1 is 0.788 bits per heavy atom. The molecule has 174 valence electrons. The number of benzene rings is 3. The molecule has 0 N–H and O–H groups in total. The van der Waals surface area contributed by atoms with Crippen LogP contribution in [0.15, 0.2) is 91.0 Å². The summed E-state index contributed by atoms with van der Waals surface area (Å²) >= 11 is 0. The van der Waals surface area contributed by atoms with Crippen LogP contribution in [0.3, 0.4) is 0 Å². The van der Waals surface area contributed by atoms with Crippen LogP contribution in [0.5, 0.6) is 0 Å². The number of carbonyl (C=O) groups excluding carboxylic acids is 1. The van der Waals surface area contributed by atoms with Gasteiger partial charge in [0.05, 0.1) is 0 Å². The standard InChI is InChI=1S/C24H21F3O5S/c25-24(26,27)33(29,30)32-21(17-16-18-10-4-1-5-11-18)23(28)31-22(19-12-6-2-7-13-19)20-14-8-3-9-15-20/h1-15,21-22H,16-17H2/t21-/m1/s1. The molecule has 0 aliphatic rings. The maximum Gasteiger partial charge on any atom is 0.523 e. The molecule has 1 atom stereocenters. The SMILES string of the molecule is O=C(OC(c1ccccc1)c1ccccc1)[C@@H](CCc1ccccc1)OS(=O)(=O)C(F)(F)F. The highest BCUT2D eigenvalue weighted by Crippen LogP contribution is 2.30. The van der Waals surface area contributed by atoms with Crippen molar-refractivity contribution in [2.24, 2.45) is 0 Å². The molecule has 3 aromatic carbocycles. The van der Waals surface area contributed by atoms with E-state index in [2.05, 4.69) is 4.18 Å². The Morgan fingerprint density at radius 2 is 1.24 bits per heavy atom. The van der Waals surface area contributed by atoms with E-state index in [1.807, 2.05) is 0 Å². The Morgan fingerprint density at radius 3 is 1.70 bits per heavy atom. The number of hydrogen-bond donors (Lipinski definition) is 0. The van der Waals surface area contributed by atoms with Crippen molar-refractivity contribution in [2.75, 3.05) is 0 Å². The number of alkyl halides is 3. The van der Waals surface area contributed by atoms with Crippen LogP contribution in [-0.2, 0) is 30.3 Å². The maximum absolute atomic E-state index is 12.9. The lowest BCUT2D eigenvalue weighted by molar-refractivity contribution is -0.157. The van der Waals surface area contributed by atoms with E-state index in [0.717, 1.165) is 0 Å². The first-order chi connectivity index (χ1) is 15.7. The molecule has 0 unspecified atom stereocenters. The fraction of sp³-hybridized carbons (Fsp3) is 0.208. The summed E-state index contributed by atoms with van der Waals surface area (Å²) in [5.41, 5.74) is -3.84. The molecule has 0 bridgehead atoms. The van der Waals surface area contributed by atoms with Crippen LogP contribution in [0.2, 0.25) is 0 Å². The van der Waals surface area contributed by atoms with Crippen LogP contribution in [-0.4, -0.2) is 26.0 Å². The van der Waals surface area contributed by atoms with Gasteiger partial charge in [-0.1, -0.05) is 91.0 Å². The third-order valence-corrected chi connectivity index (χ3v) is 5.82. The largest absolute Gasteiger partial charge is 0.523 e. The van der Waals surface area contributed by atoms with Crippen molar-refractivity contribution in [3.05, 3.63) is 108 Å². The molecule has 0 spiro atoms. The van der Waals surface area contributed by atoms with Crippen LogP contribution < -0.4 is 0 Å². The van der Waals surface area contributed by atoms with Crippen molar-refractivity contribution in [1.29, 1.82) is 0 Å². The first-order valence-corrected chi connectivity index (χ1v) is 11.4. The molecule has 0 amide bonds. The number of halogens is 3. The van der Waals surface area contributed by atoms with Crippen molar-refractivity contribution >= 4 is 16.1 Å². The number of rotatable bonds is 9. The molecule has 33 heavy (non-hydrogen) atoms. The van der Waals surface area contributed by atoms with Crippen LogP contribution in [0, 0.1) is 0 Å². The van der Waals surface area contributed by atoms with Gasteiger partial charge >= 0.3 is 21.6 Å². The fourth-order valence-electron chi connectivity index (χ4n) is 3.13. The van der Waals surface area contributed by atoms with Gasteiger partial charge in [-0.25, -0.2) is 8.98 Å². The van der Waals surface area contributed by atoms with Crippen LogP contribution >= 0.6 is 0 Å². The third kappa shape index (κ3) is 6.66. The van der Waals surface area contributed by atoms with E-state index >= 15 is 0 Å². The Bertz CT molecular complexity index is 1100. The van der Waals surface area contributed by atoms with Crippen LogP contribution in [0.25, 0.3) is 0 Å². The van der Waals surface area contributed by atoms with Crippen molar-refractivity contribution in [3.8, 4) is 0 Å². The van der Waals surface area contributed by atoms with Gasteiger partial charge in [0.15, 0.2) is 12.2 Å². The van der Waals surface area contributed by atoms with Crippen molar-refractivity contribution in [2.45, 2.75) is 30.6 Å². The van der Waals surface area contributed by atoms with E-state index in [4.69, 9.17) is 4.74 Å². The zero-order valence-electron chi connectivity index (χ0n) is 17.3. The van der Waals surface area contributed by atoms with Crippen molar-refractivity contribution < 1.29 is 35.3 Å². The summed E-state index contributed by atoms with van der Waals surface area (Å²) in [6.45, 7) is 0. The van der Waals surface area contributed by atoms with E-state index in [1.165, 1.54) is 0 Å². The molecular formula is C24H21F3O5S. The molecule has 0 saturated carbocycles. The summed E-state index contributed by atoms with van der Waals surface area (Å²) in [6.07, 6.45) is -3.16. The smallest absolute Gasteiger partial charge is 0.451 e. The first kappa shape index (κ1) is 24.5. The van der Waals surface area contributed by atoms with E-state index in [-0.39, 0.29) is 12.8 Å². The summed E-state index contributed by atoms with van der Waals surface area (Å²) in [6, 6.07) is 25.8. The van der Waals surface area contributed by atoms with E-state index in [1.54, 1.807) is 91.0 Å². The number of aryl methyl sites for hydroxylation is 1. The molecule has 0 fully saturated rings. The molecule has 0 aliphatic heterocycles. The zero-order valence-corrected chi connectivity index (χ0v) is 18.1. The lowest BCUT2D eigenvalue weighted by Gasteiger charge is -2.23. The summed E-state index contributed by atoms with van der Waals surface area (Å²) < 4.78 is 72.0. The molecule has 9 heteroatoms. The summed E-state index contributed by atoms with van der Waals surface area (Å²) in [4.78, 5) is 12.9. The topological polar surface area (TPSA) is 69.7 Å². The molecule has 0 heterocycles. The predicted molar refractivity (Wildman–Crippen MR) is 115 cm³/mol. The minimum absolute atomic E-state index is 0.106. The summed E-state index contributed by atoms with van der Waals surface area (Å²) in [5, 5.41) is 0. The second-order valence-corrected chi connectivity index (χ2v) is 8.71. The second kappa shape index (κ2) is 10.6. The van der Waals surface area contributed by atoms with Gasteiger partial charge in [0.1, 0.15) is 0 Å². The molecule has 0 saturated heterocycles. The summed E-state index contributed by atoms with van der Waals surface area (Å²) in [5.74, 6) is -1.21. The Labute approximate surface area is 189 Å². The number of esters is 1. The molecule has 3 rings (SSSR count). The minimum Gasteiger partial charge on any atom is -0.451 e. The predicted octanol–water partition coefficient (Wildman–Crippen LogP) is 5.19. The minimum atomic E-state index is -6.01. The molecule has 0 aromatic heterocycles. The Balaban J connectivity index is 1.88. The second-order valence-electron chi connectivity index (χ2n) is 7.15. The van der Waals surface area contributed by atoms with Crippen LogP contribution in [0.1, 0.15) is 29.2 Å². The number of ether oxygens (including phenoxy) is 1. The van der Waals surface area contributed by atoms with Gasteiger partial charge in [0.2, 0.25) is 0 Å². The monoisotopic (exact) mass is 478 g/mol. The lowest BCUT2D eigenvalue weighted by Crippen LogP contribution is -2.36. The van der Waals surface area contributed by atoms with Gasteiger partial charge in [0.25, 0.3) is 0 Å². The highest BCUT2D eigenvalue weighted by molar-refractivity contribution is 7.87. The van der Waals surface area contributed by atoms with E-state index in [9.17, 15) is 26.4 Å². The van der Waals surface area contributed by atoms with Gasteiger partial charge in [0, 0.05) is 0 Å². The number of hydrogen-bond acceptors (Lipinski definition) is 5. The molecule has 5 nitrogen and oxygen atoms in total. The highest BCUT2D eigenvalue weighted by Gasteiger charge is 2.49. The quantitative estimate of drug-likeness (QED) is 0.241. The number of carbonyl (C=O) groups is 1. The van der Waals surface area contributed by atoms with Gasteiger partial charge in [-0.05, 0) is 29.5 Å². The highest BCUT2D eigenvalue weighted by atomic mass is 32.2. The fourth-order valence-corrected chi connectivity index (χ4v) is 3.72. The normalized spacial score (nSPS) is 13.0. The first-order valence-electron chi connectivity index (χ1n) is 10.0. The van der Waals surface area contributed by atoms with Gasteiger partial charge < -0.3 is 4.74 Å². The molecule has 3 aromatic rings. The molecule has 0 radical (unpaired) electrons. The third-order valence-electron chi connectivity index (χ3n) is 4.77. The Hall–Kier alpha value is -3.17. The average Bonchev–Trinajstić information content (AvgIpc) is 2.81. The van der Waals surface area contributed by atoms with E-state index < -0.39 is 33.8 Å². The van der Waals surface area contributed by atoms with Crippen LogP contribution in [0.4, 0.5) is 13.2 Å². The van der Waals surface area contributed by atoms with Crippen molar-refractivity contribution in [1.82, 2.24) is 0 Å². The average molecular weight is 478 g/mol. The van der Waals surface area contributed by atoms with Crippen molar-refractivity contribution in [3.63, 3.8) is 0 Å². The molecule has 0 aliphatic carbocycles. The maximum atomic E-state index is 12.9. The summed E-state index contributed by atoms with van der Waals surface area (Å²) in [7, 11) is -6.01. The van der Waals surface area contributed by atoms with Gasteiger partial charge in [-0.15, -0.1) is 0 Å².